The number of unbranched alkanes of at least 4 members (excludes halogenated alkanes) is 3. The normalized spacial score (nSPS) is 11.3. The highest BCUT2D eigenvalue weighted by molar-refractivity contribution is 7.90. The lowest BCUT2D eigenvalue weighted by Crippen LogP contribution is -2.07. The van der Waals surface area contributed by atoms with Gasteiger partial charge in [0.15, 0.2) is 9.84 Å². The first-order chi connectivity index (χ1) is 19.1. The standard InChI is InChI=1S/C29H36N2O8S/c1-40(36,37)24-19-22(26-14-15-30-31-26)18-23(20-24)38-16-5-3-2-4-8-21-9-6-10-27(25(21)12-13-29(34)35)39-17-7-11-28(32)33/h6,9-10,14-15,18-20H,2-5,7-8,11-13,16-17H2,1H3,(H,30,31)(H,32,33)(H,34,35). The van der Waals surface area contributed by atoms with Crippen molar-refractivity contribution in [3.05, 3.63) is 59.8 Å². The molecule has 0 aliphatic heterocycles. The van der Waals surface area contributed by atoms with Crippen molar-refractivity contribution in [3.8, 4) is 22.8 Å². The zero-order chi connectivity index (χ0) is 29.0. The first-order valence-corrected chi connectivity index (χ1v) is 15.2. The number of carboxylic acid groups (broad SMARTS) is 2. The molecule has 0 amide bonds. The minimum Gasteiger partial charge on any atom is -0.494 e. The number of aromatic nitrogens is 2. The zero-order valence-electron chi connectivity index (χ0n) is 22.6. The number of rotatable bonds is 18. The molecule has 0 aliphatic rings. The summed E-state index contributed by atoms with van der Waals surface area (Å²) in [6.07, 6.45) is 7.81. The molecule has 0 radical (unpaired) electrons. The number of aliphatic carboxylic acids is 2. The molecule has 3 rings (SSSR count). The van der Waals surface area contributed by atoms with E-state index in [1.165, 1.54) is 6.07 Å². The maximum absolute atomic E-state index is 12.1. The Bertz CT molecular complexity index is 1370. The Morgan fingerprint density at radius 1 is 0.875 bits per heavy atom. The molecule has 0 saturated heterocycles. The van der Waals surface area contributed by atoms with Gasteiger partial charge < -0.3 is 19.7 Å². The fraction of sp³-hybridized carbons (Fsp3) is 0.414. The maximum Gasteiger partial charge on any atom is 0.303 e. The van der Waals surface area contributed by atoms with Gasteiger partial charge >= 0.3 is 11.9 Å². The zero-order valence-corrected chi connectivity index (χ0v) is 23.4. The predicted octanol–water partition coefficient (Wildman–Crippen LogP) is 4.92. The molecule has 0 spiro atoms. The Morgan fingerprint density at radius 2 is 1.62 bits per heavy atom. The van der Waals surface area contributed by atoms with Crippen LogP contribution >= 0.6 is 0 Å². The Kier molecular flexibility index (Phi) is 11.6. The van der Waals surface area contributed by atoms with Crippen molar-refractivity contribution in [2.75, 3.05) is 19.5 Å². The number of aromatic amines is 1. The van der Waals surface area contributed by atoms with E-state index >= 15 is 0 Å². The van der Waals surface area contributed by atoms with Gasteiger partial charge in [-0.1, -0.05) is 25.0 Å². The number of hydrogen-bond acceptors (Lipinski definition) is 7. The van der Waals surface area contributed by atoms with E-state index in [9.17, 15) is 23.1 Å². The smallest absolute Gasteiger partial charge is 0.303 e. The molecule has 40 heavy (non-hydrogen) atoms. The van der Waals surface area contributed by atoms with E-state index in [4.69, 9.17) is 14.6 Å². The van der Waals surface area contributed by atoms with Crippen molar-refractivity contribution in [2.45, 2.75) is 62.7 Å². The summed E-state index contributed by atoms with van der Waals surface area (Å²) in [5.41, 5.74) is 3.29. The first kappa shape index (κ1) is 30.7. The van der Waals surface area contributed by atoms with Crippen LogP contribution in [0.3, 0.4) is 0 Å². The van der Waals surface area contributed by atoms with Crippen LogP contribution in [0.4, 0.5) is 0 Å². The number of carboxylic acids is 2. The van der Waals surface area contributed by atoms with Gasteiger partial charge in [-0.05, 0) is 73.6 Å². The van der Waals surface area contributed by atoms with Gasteiger partial charge in [-0.3, -0.25) is 14.7 Å². The van der Waals surface area contributed by atoms with Crippen LogP contribution in [0.25, 0.3) is 11.3 Å². The Hall–Kier alpha value is -3.86. The lowest BCUT2D eigenvalue weighted by atomic mass is 9.97. The largest absolute Gasteiger partial charge is 0.494 e. The molecule has 216 valence electrons. The van der Waals surface area contributed by atoms with Crippen LogP contribution in [0.5, 0.6) is 11.5 Å². The van der Waals surface area contributed by atoms with Crippen LogP contribution in [-0.4, -0.2) is 60.2 Å². The fourth-order valence-corrected chi connectivity index (χ4v) is 4.98. The van der Waals surface area contributed by atoms with Crippen molar-refractivity contribution in [1.29, 1.82) is 0 Å². The van der Waals surface area contributed by atoms with Gasteiger partial charge in [-0.15, -0.1) is 0 Å². The fourth-order valence-electron chi connectivity index (χ4n) is 4.30. The Labute approximate surface area is 234 Å². The van der Waals surface area contributed by atoms with Crippen molar-refractivity contribution < 1.29 is 37.7 Å². The second kappa shape index (κ2) is 15.1. The van der Waals surface area contributed by atoms with Crippen molar-refractivity contribution in [3.63, 3.8) is 0 Å². The summed E-state index contributed by atoms with van der Waals surface area (Å²) in [6, 6.07) is 12.3. The van der Waals surface area contributed by atoms with E-state index in [1.54, 1.807) is 30.5 Å². The molecule has 1 heterocycles. The van der Waals surface area contributed by atoms with E-state index in [-0.39, 0.29) is 24.3 Å². The Balaban J connectivity index is 1.50. The number of H-pyrrole nitrogens is 1. The summed E-state index contributed by atoms with van der Waals surface area (Å²) in [5, 5.41) is 24.8. The van der Waals surface area contributed by atoms with Crippen LogP contribution in [0.1, 0.15) is 56.1 Å². The van der Waals surface area contributed by atoms with E-state index in [2.05, 4.69) is 10.2 Å². The summed E-state index contributed by atoms with van der Waals surface area (Å²) in [5.74, 6) is -0.667. The molecular weight excluding hydrogens is 536 g/mol. The third-order valence-electron chi connectivity index (χ3n) is 6.34. The van der Waals surface area contributed by atoms with E-state index in [0.29, 0.717) is 42.2 Å². The average Bonchev–Trinajstić information content (AvgIpc) is 3.44. The second-order valence-electron chi connectivity index (χ2n) is 9.58. The maximum atomic E-state index is 12.1. The number of nitrogens with zero attached hydrogens (tertiary/aromatic N) is 1. The highest BCUT2D eigenvalue weighted by Crippen LogP contribution is 2.28. The van der Waals surface area contributed by atoms with Crippen LogP contribution in [0.2, 0.25) is 0 Å². The summed E-state index contributed by atoms with van der Waals surface area (Å²) >= 11 is 0. The number of aryl methyl sites for hydroxylation is 1. The number of benzene rings is 2. The van der Waals surface area contributed by atoms with Crippen LogP contribution in [0, 0.1) is 0 Å². The number of hydrogen-bond donors (Lipinski definition) is 3. The Morgan fingerprint density at radius 3 is 2.33 bits per heavy atom. The monoisotopic (exact) mass is 572 g/mol. The number of ether oxygens (including phenoxy) is 2. The average molecular weight is 573 g/mol. The predicted molar refractivity (Wildman–Crippen MR) is 150 cm³/mol. The van der Waals surface area contributed by atoms with Gasteiger partial charge in [-0.25, -0.2) is 8.42 Å². The van der Waals surface area contributed by atoms with E-state index in [0.717, 1.165) is 49.5 Å². The second-order valence-corrected chi connectivity index (χ2v) is 11.6. The molecule has 0 fully saturated rings. The van der Waals surface area contributed by atoms with Crippen LogP contribution < -0.4 is 9.47 Å². The number of nitrogens with one attached hydrogen (secondary N) is 1. The summed E-state index contributed by atoms with van der Waals surface area (Å²) in [6.45, 7) is 0.700. The third kappa shape index (κ3) is 10.0. The topological polar surface area (TPSA) is 156 Å². The number of sulfone groups is 1. The summed E-state index contributed by atoms with van der Waals surface area (Å²) in [4.78, 5) is 22.1. The van der Waals surface area contributed by atoms with Crippen molar-refractivity contribution in [1.82, 2.24) is 10.2 Å². The van der Waals surface area contributed by atoms with Crippen molar-refractivity contribution >= 4 is 21.8 Å². The molecular formula is C29H36N2O8S. The molecule has 0 unspecified atom stereocenters. The van der Waals surface area contributed by atoms with Gasteiger partial charge in [0.25, 0.3) is 0 Å². The minimum atomic E-state index is -3.41. The minimum absolute atomic E-state index is 0.0115. The molecule has 11 heteroatoms. The molecule has 0 saturated carbocycles. The molecule has 1 aromatic heterocycles. The van der Waals surface area contributed by atoms with Gasteiger partial charge in [0.1, 0.15) is 11.5 Å². The van der Waals surface area contributed by atoms with Gasteiger partial charge in [0.05, 0.1) is 23.8 Å². The van der Waals surface area contributed by atoms with E-state index in [1.807, 2.05) is 12.1 Å². The SMILES string of the molecule is CS(=O)(=O)c1cc(OCCCCCCc2cccc(OCCCC(=O)O)c2CCC(=O)O)cc(-c2ccn[nH]2)c1. The molecule has 3 aromatic rings. The molecule has 3 N–H and O–H groups in total. The molecule has 2 aromatic carbocycles. The molecule has 0 aliphatic carbocycles. The van der Waals surface area contributed by atoms with Gasteiger partial charge in [0.2, 0.25) is 0 Å². The van der Waals surface area contributed by atoms with Crippen LogP contribution in [-0.2, 0) is 32.3 Å². The van der Waals surface area contributed by atoms with Crippen molar-refractivity contribution in [2.24, 2.45) is 0 Å². The highest BCUT2D eigenvalue weighted by atomic mass is 32.2. The highest BCUT2D eigenvalue weighted by Gasteiger charge is 2.14. The van der Waals surface area contributed by atoms with Gasteiger partial charge in [0, 0.05) is 30.9 Å². The number of carbonyl (C=O) groups is 2. The molecule has 10 nitrogen and oxygen atoms in total. The van der Waals surface area contributed by atoms with Gasteiger partial charge in [-0.2, -0.15) is 5.10 Å². The lowest BCUT2D eigenvalue weighted by Gasteiger charge is -2.15. The quantitative estimate of drug-likeness (QED) is 0.180. The lowest BCUT2D eigenvalue weighted by molar-refractivity contribution is -0.138. The molecule has 0 bridgehead atoms. The summed E-state index contributed by atoms with van der Waals surface area (Å²) in [7, 11) is -3.41. The molecule has 0 atom stereocenters. The third-order valence-corrected chi connectivity index (χ3v) is 7.43. The first-order valence-electron chi connectivity index (χ1n) is 13.3. The van der Waals surface area contributed by atoms with Crippen LogP contribution in [0.15, 0.2) is 53.6 Å². The van der Waals surface area contributed by atoms with E-state index < -0.39 is 21.8 Å². The summed E-state index contributed by atoms with van der Waals surface area (Å²) < 4.78 is 36.0.